The maximum atomic E-state index is 12.7. The molecule has 2 bridgehead atoms. The molecule has 32 heavy (non-hydrogen) atoms. The van der Waals surface area contributed by atoms with E-state index in [1.807, 2.05) is 0 Å². The molecule has 2 aromatic rings. The number of morpholine rings is 1. The van der Waals surface area contributed by atoms with Gasteiger partial charge in [0.25, 0.3) is 0 Å². The van der Waals surface area contributed by atoms with Crippen molar-refractivity contribution >= 4 is 5.82 Å². The molecule has 7 nitrogen and oxygen atoms in total. The smallest absolute Gasteiger partial charge is 0.387 e. The van der Waals surface area contributed by atoms with Crippen molar-refractivity contribution in [2.45, 2.75) is 69.8 Å². The number of anilines is 1. The number of halogens is 2. The molecule has 4 heterocycles. The van der Waals surface area contributed by atoms with Crippen LogP contribution in [0.4, 0.5) is 14.6 Å². The Morgan fingerprint density at radius 3 is 2.44 bits per heavy atom. The lowest BCUT2D eigenvalue weighted by Crippen LogP contribution is -2.66. The second kappa shape index (κ2) is 7.38. The van der Waals surface area contributed by atoms with Gasteiger partial charge in [-0.05, 0) is 57.1 Å². The Bertz CT molecular complexity index is 1000. The lowest BCUT2D eigenvalue weighted by Gasteiger charge is -2.55. The molecule has 4 unspecified atom stereocenters. The Labute approximate surface area is 185 Å². The molecule has 0 aromatic carbocycles. The normalized spacial score (nSPS) is 33.4. The average molecular weight is 446 g/mol. The summed E-state index contributed by atoms with van der Waals surface area (Å²) in [5.74, 6) is 1.75. The van der Waals surface area contributed by atoms with Crippen molar-refractivity contribution in [2.75, 3.05) is 18.9 Å². The molecule has 2 aliphatic carbocycles. The number of aromatic nitrogens is 3. The van der Waals surface area contributed by atoms with Gasteiger partial charge in [0.2, 0.25) is 0 Å². The number of nitrogen functional groups attached to an aromatic ring is 1. The van der Waals surface area contributed by atoms with Crippen LogP contribution in [-0.4, -0.2) is 57.6 Å². The quantitative estimate of drug-likeness (QED) is 0.731. The first-order valence-corrected chi connectivity index (χ1v) is 11.6. The maximum Gasteiger partial charge on any atom is 0.387 e. The van der Waals surface area contributed by atoms with Crippen molar-refractivity contribution in [3.63, 3.8) is 0 Å². The molecule has 4 atom stereocenters. The molecule has 4 fully saturated rings. The number of pyridine rings is 1. The van der Waals surface area contributed by atoms with Crippen LogP contribution in [0.5, 0.6) is 5.75 Å². The Hall–Kier alpha value is -2.26. The van der Waals surface area contributed by atoms with Crippen LogP contribution in [0.2, 0.25) is 0 Å². The summed E-state index contributed by atoms with van der Waals surface area (Å²) in [6.07, 6.45) is 5.36. The van der Waals surface area contributed by atoms with Crippen molar-refractivity contribution in [3.05, 3.63) is 24.0 Å². The molecule has 2 N–H and O–H groups in total. The molecular weight excluding hydrogens is 416 g/mol. The van der Waals surface area contributed by atoms with Crippen molar-refractivity contribution in [1.82, 2.24) is 19.7 Å². The van der Waals surface area contributed by atoms with Crippen molar-refractivity contribution in [3.8, 4) is 17.0 Å². The molecule has 2 saturated heterocycles. The molecule has 6 rings (SSSR count). The molecule has 2 aromatic heterocycles. The molecular formula is C23H29F2N5O2. The molecule has 2 aliphatic heterocycles. The van der Waals surface area contributed by atoms with Gasteiger partial charge in [-0.15, -0.1) is 0 Å². The van der Waals surface area contributed by atoms with E-state index in [1.54, 1.807) is 6.20 Å². The van der Waals surface area contributed by atoms with Gasteiger partial charge in [0.15, 0.2) is 11.6 Å². The van der Waals surface area contributed by atoms with Gasteiger partial charge < -0.3 is 15.2 Å². The number of hydrogen-bond acceptors (Lipinski definition) is 6. The van der Waals surface area contributed by atoms with Crippen molar-refractivity contribution < 1.29 is 18.3 Å². The molecule has 4 aliphatic rings. The third-order valence-corrected chi connectivity index (χ3v) is 7.84. The standard InChI is InChI=1S/C23H29F2N5O2/c1-11(2)30-19(7-18(28-30)12-3-20(32-23(24)25)22(26)27-8-12)21-16-5-13(6-17(16)21)29-14-4-15(29)10-31-9-14/h3,7-8,11,13-17,21,23H,4-6,9-10H2,1-2H3,(H2,26,27). The van der Waals surface area contributed by atoms with Gasteiger partial charge in [-0.3, -0.25) is 9.58 Å². The van der Waals surface area contributed by atoms with E-state index in [0.29, 0.717) is 41.4 Å². The highest BCUT2D eigenvalue weighted by atomic mass is 19.3. The average Bonchev–Trinajstić information content (AvgIpc) is 3.09. The molecule has 0 radical (unpaired) electrons. The second-order valence-corrected chi connectivity index (χ2v) is 9.99. The Kier molecular flexibility index (Phi) is 4.69. The second-order valence-electron chi connectivity index (χ2n) is 9.99. The van der Waals surface area contributed by atoms with Crippen LogP contribution in [0, 0.1) is 11.8 Å². The number of fused-ring (bicyclic) bond motifs is 3. The largest absolute Gasteiger partial charge is 0.431 e. The lowest BCUT2D eigenvalue weighted by molar-refractivity contribution is -0.147. The predicted octanol–water partition coefficient (Wildman–Crippen LogP) is 3.67. The fraction of sp³-hybridized carbons (Fsp3) is 0.652. The minimum Gasteiger partial charge on any atom is -0.431 e. The zero-order valence-corrected chi connectivity index (χ0v) is 18.3. The first-order chi connectivity index (χ1) is 15.4. The van der Waals surface area contributed by atoms with Gasteiger partial charge in [-0.25, -0.2) is 4.98 Å². The number of nitrogens with two attached hydrogens (primary N) is 1. The summed E-state index contributed by atoms with van der Waals surface area (Å²) in [7, 11) is 0. The topological polar surface area (TPSA) is 78.4 Å². The summed E-state index contributed by atoms with van der Waals surface area (Å²) in [6.45, 7) is 3.07. The minimum absolute atomic E-state index is 0.0542. The van der Waals surface area contributed by atoms with E-state index in [2.05, 4.69) is 39.2 Å². The lowest BCUT2D eigenvalue weighted by atomic mass is 9.87. The first-order valence-electron chi connectivity index (χ1n) is 11.6. The van der Waals surface area contributed by atoms with E-state index in [4.69, 9.17) is 15.6 Å². The third-order valence-electron chi connectivity index (χ3n) is 7.84. The van der Waals surface area contributed by atoms with Crippen LogP contribution in [0.25, 0.3) is 11.3 Å². The molecule has 172 valence electrons. The van der Waals surface area contributed by atoms with Crippen LogP contribution in [0.15, 0.2) is 18.3 Å². The fourth-order valence-electron chi connectivity index (χ4n) is 6.45. The minimum atomic E-state index is -2.95. The first kappa shape index (κ1) is 20.4. The number of hydrogen-bond donors (Lipinski definition) is 1. The summed E-state index contributed by atoms with van der Waals surface area (Å²) in [5, 5.41) is 4.81. The number of rotatable bonds is 6. The van der Waals surface area contributed by atoms with E-state index in [0.717, 1.165) is 18.9 Å². The Balaban J connectivity index is 1.22. The van der Waals surface area contributed by atoms with Crippen molar-refractivity contribution in [1.29, 1.82) is 0 Å². The van der Waals surface area contributed by atoms with Gasteiger partial charge >= 0.3 is 6.61 Å². The fourth-order valence-corrected chi connectivity index (χ4v) is 6.45. The van der Waals surface area contributed by atoms with Crippen LogP contribution < -0.4 is 10.5 Å². The summed E-state index contributed by atoms with van der Waals surface area (Å²) >= 11 is 0. The van der Waals surface area contributed by atoms with E-state index in [1.165, 1.54) is 31.0 Å². The van der Waals surface area contributed by atoms with E-state index < -0.39 is 6.61 Å². The van der Waals surface area contributed by atoms with E-state index in [-0.39, 0.29) is 17.6 Å². The van der Waals surface area contributed by atoms with Crippen LogP contribution in [0.3, 0.4) is 0 Å². The van der Waals surface area contributed by atoms with Crippen molar-refractivity contribution in [2.24, 2.45) is 11.8 Å². The molecule has 0 spiro atoms. The van der Waals surface area contributed by atoms with E-state index in [9.17, 15) is 8.78 Å². The third kappa shape index (κ3) is 3.20. The Morgan fingerprint density at radius 1 is 1.09 bits per heavy atom. The SMILES string of the molecule is CC(C)n1nc(-c2cnc(N)c(OC(F)F)c2)cc1C1C2CC(N3C4COCC3C4)CC21. The molecule has 2 saturated carbocycles. The van der Waals surface area contributed by atoms with Crippen LogP contribution >= 0.6 is 0 Å². The van der Waals surface area contributed by atoms with Crippen LogP contribution in [-0.2, 0) is 4.74 Å². The van der Waals surface area contributed by atoms with Gasteiger partial charge in [0.1, 0.15) is 0 Å². The van der Waals surface area contributed by atoms with Gasteiger partial charge in [-0.2, -0.15) is 13.9 Å². The van der Waals surface area contributed by atoms with Gasteiger partial charge in [-0.1, -0.05) is 0 Å². The van der Waals surface area contributed by atoms with Gasteiger partial charge in [0, 0.05) is 47.5 Å². The number of ether oxygens (including phenoxy) is 2. The highest BCUT2D eigenvalue weighted by Crippen LogP contribution is 2.65. The van der Waals surface area contributed by atoms with Crippen LogP contribution in [0.1, 0.15) is 50.8 Å². The summed E-state index contributed by atoms with van der Waals surface area (Å²) < 4.78 is 37.7. The zero-order chi connectivity index (χ0) is 22.1. The van der Waals surface area contributed by atoms with E-state index >= 15 is 0 Å². The molecule has 0 amide bonds. The monoisotopic (exact) mass is 445 g/mol. The Morgan fingerprint density at radius 2 is 1.81 bits per heavy atom. The highest BCUT2D eigenvalue weighted by Gasteiger charge is 2.61. The zero-order valence-electron chi connectivity index (χ0n) is 18.3. The highest BCUT2D eigenvalue weighted by molar-refractivity contribution is 5.64. The summed E-state index contributed by atoms with van der Waals surface area (Å²) in [5.41, 5.74) is 8.29. The number of nitrogens with zero attached hydrogens (tertiary/aromatic N) is 4. The molecule has 9 heteroatoms. The predicted molar refractivity (Wildman–Crippen MR) is 114 cm³/mol. The van der Waals surface area contributed by atoms with Gasteiger partial charge in [0.05, 0.1) is 18.9 Å². The number of alkyl halides is 2. The maximum absolute atomic E-state index is 12.7. The summed E-state index contributed by atoms with van der Waals surface area (Å²) in [6, 6.07) is 5.76. The summed E-state index contributed by atoms with van der Waals surface area (Å²) in [4.78, 5) is 6.76.